The third-order valence-electron chi connectivity index (χ3n) is 5.49. The average Bonchev–Trinajstić information content (AvgIpc) is 2.71. The van der Waals surface area contributed by atoms with Gasteiger partial charge in [-0.1, -0.05) is 48.5 Å². The van der Waals surface area contributed by atoms with Crippen LogP contribution in [0.5, 0.6) is 0 Å². The summed E-state index contributed by atoms with van der Waals surface area (Å²) in [5.41, 5.74) is 8.40. The Bertz CT molecular complexity index is 1010. The summed E-state index contributed by atoms with van der Waals surface area (Å²) in [5.74, 6) is 2.34. The van der Waals surface area contributed by atoms with E-state index >= 15 is 0 Å². The third kappa shape index (κ3) is 4.36. The van der Waals surface area contributed by atoms with Crippen molar-refractivity contribution in [3.8, 4) is 22.5 Å². The number of rotatable bonds is 1. The van der Waals surface area contributed by atoms with Crippen LogP contribution in [0.2, 0.25) is 0 Å². The van der Waals surface area contributed by atoms with Gasteiger partial charge in [-0.15, -0.1) is 0 Å². The van der Waals surface area contributed by atoms with Crippen molar-refractivity contribution in [2.24, 2.45) is 0 Å². The van der Waals surface area contributed by atoms with E-state index < -0.39 is 7.25 Å². The first-order valence-electron chi connectivity index (χ1n) is 9.93. The number of benzene rings is 2. The van der Waals surface area contributed by atoms with Crippen molar-refractivity contribution in [1.82, 2.24) is 0 Å². The van der Waals surface area contributed by atoms with E-state index in [-0.39, 0.29) is 0 Å². The molecule has 0 radical (unpaired) electrons. The molecule has 0 unspecified atom stereocenters. The van der Waals surface area contributed by atoms with Gasteiger partial charge in [0.2, 0.25) is 0 Å². The first-order chi connectivity index (χ1) is 13.9. The van der Waals surface area contributed by atoms with Crippen LogP contribution in [0.25, 0.3) is 22.5 Å². The molecule has 5 rings (SSSR count). The zero-order valence-corrected chi connectivity index (χ0v) is 15.9. The molecule has 1 nitrogen and oxygen atoms in total. The molecule has 29 heavy (non-hydrogen) atoms. The molecule has 1 aromatic heterocycles. The fourth-order valence-electron chi connectivity index (χ4n) is 4.36. The van der Waals surface area contributed by atoms with E-state index in [2.05, 4.69) is 54.6 Å². The molecule has 2 aliphatic carbocycles. The summed E-state index contributed by atoms with van der Waals surface area (Å²) >= 11 is 0. The Morgan fingerprint density at radius 1 is 0.690 bits per heavy atom. The molecular weight excluding hydrogens is 379 g/mol. The molecule has 0 spiro atoms. The quantitative estimate of drug-likeness (QED) is 0.239. The second-order valence-electron chi connectivity index (χ2n) is 7.41. The second kappa shape index (κ2) is 8.01. The Hall–Kier alpha value is -2.63. The third-order valence-corrected chi connectivity index (χ3v) is 5.49. The first kappa shape index (κ1) is 19.7. The van der Waals surface area contributed by atoms with Crippen molar-refractivity contribution >= 4 is 7.25 Å². The topological polar surface area (TPSA) is 11.3 Å². The first-order valence-corrected chi connectivity index (χ1v) is 9.93. The maximum absolute atomic E-state index is 9.75. The lowest BCUT2D eigenvalue weighted by Crippen LogP contribution is -2.12. The average molecular weight is 400 g/mol. The van der Waals surface area contributed by atoms with Crippen LogP contribution in [0.3, 0.4) is 0 Å². The lowest BCUT2D eigenvalue weighted by molar-refractivity contribution is 0.368. The smallest absolute Gasteiger partial charge is 0.418 e. The number of hydrogen-bond acceptors (Lipinski definition) is 0. The lowest BCUT2D eigenvalue weighted by atomic mass is 9.81. The van der Waals surface area contributed by atoms with Gasteiger partial charge < -0.3 is 17.3 Å². The molecule has 6 heteroatoms. The monoisotopic (exact) mass is 400 g/mol. The van der Waals surface area contributed by atoms with Gasteiger partial charge in [0.1, 0.15) is 0 Å². The van der Waals surface area contributed by atoms with Crippen molar-refractivity contribution in [1.29, 1.82) is 0 Å². The largest absolute Gasteiger partial charge is 0.673 e. The lowest BCUT2D eigenvalue weighted by Gasteiger charge is -2.20. The van der Waals surface area contributed by atoms with Gasteiger partial charge in [0.05, 0.1) is 23.1 Å². The molecule has 150 valence electrons. The predicted molar refractivity (Wildman–Crippen MR) is 108 cm³/mol. The summed E-state index contributed by atoms with van der Waals surface area (Å²) in [5, 5.41) is 0. The number of halogens is 4. The van der Waals surface area contributed by atoms with E-state index in [0.717, 1.165) is 31.4 Å². The van der Waals surface area contributed by atoms with Crippen molar-refractivity contribution in [2.75, 3.05) is 0 Å². The van der Waals surface area contributed by atoms with Crippen LogP contribution >= 0.6 is 0 Å². The molecule has 0 bridgehead atoms. The zero-order chi connectivity index (χ0) is 20.4. The minimum Gasteiger partial charge on any atom is -0.418 e. The molecule has 0 atom stereocenters. The van der Waals surface area contributed by atoms with E-state index in [1.807, 2.05) is 0 Å². The van der Waals surface area contributed by atoms with Gasteiger partial charge in [0.15, 0.2) is 0 Å². The van der Waals surface area contributed by atoms with Gasteiger partial charge in [-0.3, -0.25) is 0 Å². The second-order valence-corrected chi connectivity index (χ2v) is 7.41. The standard InChI is InChI=1S/C23H21O.BF4/c1-2-9-17(10-3-1)22-19-12-6-7-13-21(19)24-23-18-11-5-4-8-16(18)14-15-20(22)23;2-1(3,4)5/h1-5,8-11H,6-7,12-15H2;/q+1;-1. The Balaban J connectivity index is 0.000000369. The number of hydrogen-bond donors (Lipinski definition) is 0. The number of aryl methyl sites for hydroxylation is 2. The molecule has 1 heterocycles. The molecule has 3 aromatic rings. The highest BCUT2D eigenvalue weighted by molar-refractivity contribution is 6.50. The summed E-state index contributed by atoms with van der Waals surface area (Å²) in [6.07, 6.45) is 6.93. The van der Waals surface area contributed by atoms with Crippen molar-refractivity contribution in [3.63, 3.8) is 0 Å². The normalized spacial score (nSPS) is 14.8. The highest BCUT2D eigenvalue weighted by Gasteiger charge is 2.35. The molecule has 0 saturated carbocycles. The Morgan fingerprint density at radius 2 is 1.34 bits per heavy atom. The Kier molecular flexibility index (Phi) is 5.44. The van der Waals surface area contributed by atoms with Gasteiger partial charge in [0.25, 0.3) is 0 Å². The van der Waals surface area contributed by atoms with Crippen molar-refractivity contribution < 1.29 is 21.7 Å². The van der Waals surface area contributed by atoms with Crippen LogP contribution < -0.4 is 0 Å². The minimum absolute atomic E-state index is 1.07. The molecule has 0 aliphatic heterocycles. The summed E-state index contributed by atoms with van der Waals surface area (Å²) in [7, 11) is -6.00. The van der Waals surface area contributed by atoms with E-state index in [4.69, 9.17) is 4.42 Å². The molecule has 0 amide bonds. The molecule has 0 fully saturated rings. The van der Waals surface area contributed by atoms with E-state index in [1.54, 1.807) is 0 Å². The number of fused-ring (bicyclic) bond motifs is 4. The minimum atomic E-state index is -6.00. The van der Waals surface area contributed by atoms with Crippen LogP contribution in [0.1, 0.15) is 35.3 Å². The van der Waals surface area contributed by atoms with Crippen LogP contribution in [-0.2, 0) is 25.7 Å². The van der Waals surface area contributed by atoms with E-state index in [1.165, 1.54) is 52.0 Å². The van der Waals surface area contributed by atoms with Gasteiger partial charge in [-0.25, -0.2) is 4.42 Å². The molecule has 0 N–H and O–H groups in total. The Morgan fingerprint density at radius 3 is 2.10 bits per heavy atom. The van der Waals surface area contributed by atoms with Gasteiger partial charge in [0, 0.05) is 5.56 Å². The molecule has 2 aliphatic rings. The predicted octanol–water partition coefficient (Wildman–Crippen LogP) is 7.17. The van der Waals surface area contributed by atoms with Crippen LogP contribution in [-0.4, -0.2) is 7.25 Å². The molecule has 0 saturated heterocycles. The summed E-state index contributed by atoms with van der Waals surface area (Å²) in [6, 6.07) is 19.7. The van der Waals surface area contributed by atoms with Gasteiger partial charge >= 0.3 is 18.8 Å². The summed E-state index contributed by atoms with van der Waals surface area (Å²) < 4.78 is 45.5. The Labute approximate surface area is 167 Å². The van der Waals surface area contributed by atoms with Crippen LogP contribution in [0, 0.1) is 0 Å². The van der Waals surface area contributed by atoms with Crippen LogP contribution in [0.15, 0.2) is 59.0 Å². The maximum Gasteiger partial charge on any atom is 0.673 e. The van der Waals surface area contributed by atoms with E-state index in [9.17, 15) is 17.3 Å². The molecular formula is C23H21BF4O. The fourth-order valence-corrected chi connectivity index (χ4v) is 4.36. The van der Waals surface area contributed by atoms with Gasteiger partial charge in [-0.05, 0) is 49.3 Å². The molecule has 2 aromatic carbocycles. The zero-order valence-electron chi connectivity index (χ0n) is 15.9. The van der Waals surface area contributed by atoms with E-state index in [0.29, 0.717) is 0 Å². The van der Waals surface area contributed by atoms with Gasteiger partial charge in [-0.2, -0.15) is 0 Å². The van der Waals surface area contributed by atoms with Crippen LogP contribution in [0.4, 0.5) is 17.3 Å². The van der Waals surface area contributed by atoms with Crippen molar-refractivity contribution in [2.45, 2.75) is 38.5 Å². The SMILES string of the molecule is F[B-](F)(F)F.c1ccc(-c2c3c([o+]c4c2CCc2ccccc2-4)CCCC3)cc1. The highest BCUT2D eigenvalue weighted by atomic mass is 19.5. The summed E-state index contributed by atoms with van der Waals surface area (Å²) in [6.45, 7) is 0. The fraction of sp³-hybridized carbons (Fsp3) is 0.261. The summed E-state index contributed by atoms with van der Waals surface area (Å²) in [4.78, 5) is 0. The maximum atomic E-state index is 9.75. The van der Waals surface area contributed by atoms with Crippen molar-refractivity contribution in [3.05, 3.63) is 77.0 Å². The highest BCUT2D eigenvalue weighted by Crippen LogP contribution is 2.43.